The lowest BCUT2D eigenvalue weighted by Crippen LogP contribution is -2.61. The number of hydrogen-bond donors (Lipinski definition) is 0. The van der Waals surface area contributed by atoms with E-state index in [-0.39, 0.29) is 89.2 Å². The highest BCUT2D eigenvalue weighted by atomic mass is 15.2. The number of fused-ring (bicyclic) bond motifs is 7. The molecular formula is C95H73BN6. The van der Waals surface area contributed by atoms with E-state index >= 15 is 0 Å². The zero-order chi connectivity index (χ0) is 93.2. The van der Waals surface area contributed by atoms with Gasteiger partial charge in [-0.05, 0) is 138 Å². The molecule has 16 aromatic rings. The molecule has 0 fully saturated rings. The van der Waals surface area contributed by atoms with Gasteiger partial charge in [0, 0.05) is 66.9 Å². The molecular weight excluding hydrogens is 1240 g/mol. The molecule has 0 aliphatic carbocycles. The predicted octanol–water partition coefficient (Wildman–Crippen LogP) is 23.0. The average Bonchev–Trinajstić information content (AvgIpc) is 1.47. The maximum atomic E-state index is 10.2. The quantitative estimate of drug-likeness (QED) is 0.121. The second kappa shape index (κ2) is 24.8. The van der Waals surface area contributed by atoms with Crippen molar-refractivity contribution in [1.82, 2.24) is 19.5 Å². The molecule has 0 unspecified atom stereocenters. The molecule has 2 aliphatic rings. The Kier molecular flexibility index (Phi) is 9.42. The van der Waals surface area contributed by atoms with Gasteiger partial charge in [0.05, 0.1) is 66.5 Å². The van der Waals surface area contributed by atoms with E-state index in [1.165, 1.54) is 4.57 Å². The molecule has 4 heterocycles. The van der Waals surface area contributed by atoms with Crippen LogP contribution in [0.3, 0.4) is 0 Å². The molecule has 0 spiro atoms. The van der Waals surface area contributed by atoms with Crippen LogP contribution in [-0.4, -0.2) is 26.2 Å². The van der Waals surface area contributed by atoms with Gasteiger partial charge in [-0.2, -0.15) is 0 Å². The van der Waals surface area contributed by atoms with Gasteiger partial charge in [-0.1, -0.05) is 314 Å². The Morgan fingerprint density at radius 3 is 1.15 bits per heavy atom. The minimum absolute atomic E-state index is 0.0129. The average molecular weight is 1340 g/mol. The highest BCUT2D eigenvalue weighted by Gasteiger charge is 2.46. The summed E-state index contributed by atoms with van der Waals surface area (Å²) in [5.74, 6) is -1.67. The van der Waals surface area contributed by atoms with Crippen molar-refractivity contribution in [2.75, 3.05) is 9.80 Å². The van der Waals surface area contributed by atoms with E-state index < -0.39 is 215 Å². The Balaban J connectivity index is 1.14. The van der Waals surface area contributed by atoms with Crippen LogP contribution in [0.4, 0.5) is 34.1 Å². The number of anilines is 6. The molecule has 0 N–H and O–H groups in total. The predicted molar refractivity (Wildman–Crippen MR) is 429 cm³/mol. The van der Waals surface area contributed by atoms with Crippen LogP contribution in [0.15, 0.2) is 333 Å². The minimum atomic E-state index is -1.25. The fraction of sp³-hybridized carbons (Fsp3) is 0.0842. The molecule has 0 saturated carbocycles. The maximum Gasteiger partial charge on any atom is 0.252 e. The van der Waals surface area contributed by atoms with Gasteiger partial charge in [0.25, 0.3) is 6.71 Å². The lowest BCUT2D eigenvalue weighted by molar-refractivity contribution is 0.590. The van der Waals surface area contributed by atoms with Crippen molar-refractivity contribution in [3.63, 3.8) is 0 Å². The third kappa shape index (κ3) is 10.7. The fourth-order valence-electron chi connectivity index (χ4n) is 14.1. The van der Waals surface area contributed by atoms with Crippen molar-refractivity contribution in [1.29, 1.82) is 0 Å². The standard InChI is InChI=1S/C95H73BN6/c1-94(2,3)71-56-76(64-36-18-9-19-37-64)89(77(57-71)65-38-20-10-21-39-65)102-85-55-70(63-34-16-8-17-35-63)50-52-80(85)96-81-54-69(62-32-14-7-15-33-62)51-53-84(81)101(86-60-73(61-87(102)88(86)96)100-82-48-30-28-46-74(82)75-47-29-31-49-83(75)100)90-78(66-40-22-11-23-41-66)58-72(95(4,5)6)59-79(90)93-98-91(67-42-24-12-25-43-67)97-92(99-93)68-44-26-13-27-45-68/h7-61H,1-6H3/i7D,8D,12D,13D,14D,15D,16D,17D,24D,25D,26D,27D,28D,29D,30D,31D,32D,33D,34D,35D,42D,43D,44D,45D,46D,47D,48D,49D. The van der Waals surface area contributed by atoms with E-state index in [0.717, 1.165) is 5.56 Å². The van der Waals surface area contributed by atoms with Crippen LogP contribution in [0.2, 0.25) is 0 Å². The van der Waals surface area contributed by atoms with Crippen LogP contribution in [0, 0.1) is 0 Å². The van der Waals surface area contributed by atoms with E-state index in [1.807, 2.05) is 109 Å². The first-order valence-corrected chi connectivity index (χ1v) is 33.1. The zero-order valence-electron chi connectivity index (χ0n) is 83.8. The molecule has 0 radical (unpaired) electrons. The van der Waals surface area contributed by atoms with Crippen LogP contribution in [0.25, 0.3) is 117 Å². The summed E-state index contributed by atoms with van der Waals surface area (Å²) in [6.07, 6.45) is 0. The summed E-state index contributed by atoms with van der Waals surface area (Å²) in [6.45, 7) is 10.7. The number of benzene rings is 14. The Bertz CT molecular complexity index is 7350. The van der Waals surface area contributed by atoms with Crippen LogP contribution < -0.4 is 26.2 Å². The van der Waals surface area contributed by atoms with Crippen molar-refractivity contribution >= 4 is 79.0 Å². The fourth-order valence-corrected chi connectivity index (χ4v) is 14.1. The Morgan fingerprint density at radius 2 is 0.686 bits per heavy atom. The number of aromatic nitrogens is 4. The van der Waals surface area contributed by atoms with Gasteiger partial charge in [0.15, 0.2) is 17.5 Å². The molecule has 6 nitrogen and oxygen atoms in total. The van der Waals surface area contributed by atoms with E-state index in [9.17, 15) is 27.4 Å². The number of para-hydroxylation sites is 2. The molecule has 0 saturated heterocycles. The van der Waals surface area contributed by atoms with Gasteiger partial charge in [-0.15, -0.1) is 0 Å². The zero-order valence-corrected chi connectivity index (χ0v) is 55.8. The second-order valence-electron chi connectivity index (χ2n) is 27.1. The third-order valence-corrected chi connectivity index (χ3v) is 18.9. The lowest BCUT2D eigenvalue weighted by Gasteiger charge is -2.46. The number of hydrogen-bond acceptors (Lipinski definition) is 5. The van der Waals surface area contributed by atoms with Gasteiger partial charge in [-0.25, -0.2) is 15.0 Å². The normalized spacial score (nSPS) is 16.4. The van der Waals surface area contributed by atoms with Crippen LogP contribution in [0.5, 0.6) is 0 Å². The summed E-state index contributed by atoms with van der Waals surface area (Å²) >= 11 is 0. The Morgan fingerprint density at radius 1 is 0.304 bits per heavy atom. The third-order valence-electron chi connectivity index (χ3n) is 18.9. The van der Waals surface area contributed by atoms with Crippen molar-refractivity contribution in [3.05, 3.63) is 344 Å². The van der Waals surface area contributed by atoms with Crippen molar-refractivity contribution in [3.8, 4) is 95.5 Å². The van der Waals surface area contributed by atoms with E-state index in [1.54, 1.807) is 72.8 Å². The first kappa shape index (κ1) is 38.8. The van der Waals surface area contributed by atoms with Crippen molar-refractivity contribution < 1.29 is 38.4 Å². The first-order chi connectivity index (χ1) is 61.5. The molecule has 7 heteroatoms. The number of nitrogens with zero attached hydrogens (tertiary/aromatic N) is 6. The van der Waals surface area contributed by atoms with E-state index in [2.05, 4.69) is 32.9 Å². The summed E-state index contributed by atoms with van der Waals surface area (Å²) in [5.41, 5.74) is 3.25. The summed E-state index contributed by atoms with van der Waals surface area (Å²) in [6, 6.07) is 29.1. The van der Waals surface area contributed by atoms with E-state index in [4.69, 9.17) is 25.9 Å². The SMILES string of the molecule is [2H]c1c([2H])c([2H])c(-c2ccc3c(c2)B2c4ccc(-c5c([2H])c([2H])c([2H])c([2H])c5[2H])cc4N(c4c(-c5ccccc5)cc(C(C)(C)C)cc4-c4ccccc4)c4cc(-n5c6c([2H])c([2H])c([2H])c([2H])c6c6c([2H])c([2H])c([2H])c([2H])c65)cc(c42)N3c2c(-c3ccccc3)cc(C(C)(C)C)cc2-c2nc(-c3c([2H])c([2H])c([2H])c([2H])c3[2H])nc(-c3c([2H])c([2H])c([2H])c([2H])c3[2H])n2)c([2H])c1[2H]. The second-order valence-corrected chi connectivity index (χ2v) is 27.1. The molecule has 102 heavy (non-hydrogen) atoms. The van der Waals surface area contributed by atoms with Crippen molar-refractivity contribution in [2.45, 2.75) is 52.4 Å². The molecule has 0 bridgehead atoms. The van der Waals surface area contributed by atoms with Gasteiger partial charge in [0.2, 0.25) is 0 Å². The molecule has 14 aromatic carbocycles. The highest BCUT2D eigenvalue weighted by molar-refractivity contribution is 7.00. The molecule has 2 aromatic heterocycles. The maximum absolute atomic E-state index is 10.2. The topological polar surface area (TPSA) is 50.1 Å². The number of rotatable bonds is 11. The van der Waals surface area contributed by atoms with Crippen LogP contribution >= 0.6 is 0 Å². The summed E-state index contributed by atoms with van der Waals surface area (Å²) in [7, 11) is 0. The van der Waals surface area contributed by atoms with Gasteiger partial charge < -0.3 is 14.4 Å². The molecule has 486 valence electrons. The Labute approximate surface area is 636 Å². The monoisotopic (exact) mass is 1340 g/mol. The van der Waals surface area contributed by atoms with Gasteiger partial charge in [-0.3, -0.25) is 0 Å². The first-order valence-electron chi connectivity index (χ1n) is 47.1. The smallest absolute Gasteiger partial charge is 0.252 e. The highest BCUT2D eigenvalue weighted by Crippen LogP contribution is 2.55. The Hall–Kier alpha value is -12.4. The largest absolute Gasteiger partial charge is 0.310 e. The molecule has 0 amide bonds. The molecule has 18 rings (SSSR count). The molecule has 0 atom stereocenters. The summed E-state index contributed by atoms with van der Waals surface area (Å²) < 4.78 is 265. The van der Waals surface area contributed by atoms with Crippen LogP contribution in [-0.2, 0) is 10.8 Å². The van der Waals surface area contributed by atoms with Gasteiger partial charge in [0.1, 0.15) is 0 Å². The molecule has 2 aliphatic heterocycles. The van der Waals surface area contributed by atoms with E-state index in [0.29, 0.717) is 55.6 Å². The van der Waals surface area contributed by atoms with Crippen LogP contribution in [0.1, 0.15) is 91.1 Å². The lowest BCUT2D eigenvalue weighted by atomic mass is 9.33. The summed E-state index contributed by atoms with van der Waals surface area (Å²) in [4.78, 5) is 18.9. The van der Waals surface area contributed by atoms with Gasteiger partial charge >= 0.3 is 0 Å². The summed E-state index contributed by atoms with van der Waals surface area (Å²) in [5, 5.41) is -0.599. The minimum Gasteiger partial charge on any atom is -0.310 e. The van der Waals surface area contributed by atoms with Crippen molar-refractivity contribution in [2.24, 2.45) is 0 Å².